The summed E-state index contributed by atoms with van der Waals surface area (Å²) in [7, 11) is 0. The molecular weight excluding hydrogens is 174 g/mol. The smallest absolute Gasteiger partial charge is 0.195 e. The standard InChI is InChI=1S/C11H15N3/c1-8-3-4-10(9(2)7-8)14-11-12-5-6-13-11/h3-4,7H,5-6H2,1-2H3,(H2,12,13,14). The van der Waals surface area contributed by atoms with Gasteiger partial charge in [-0.3, -0.25) is 4.99 Å². The number of hydrogen-bond acceptors (Lipinski definition) is 3. The number of aryl methyl sites for hydroxylation is 2. The Labute approximate surface area is 84.2 Å². The second-order valence-corrected chi connectivity index (χ2v) is 3.60. The van der Waals surface area contributed by atoms with Crippen molar-refractivity contribution in [3.63, 3.8) is 0 Å². The third-order valence-electron chi connectivity index (χ3n) is 2.31. The average molecular weight is 189 g/mol. The fourth-order valence-electron chi connectivity index (χ4n) is 1.56. The number of nitrogens with one attached hydrogen (secondary N) is 2. The summed E-state index contributed by atoms with van der Waals surface area (Å²) in [5.74, 6) is 0.886. The minimum atomic E-state index is 0.868. The molecule has 14 heavy (non-hydrogen) atoms. The Morgan fingerprint density at radius 3 is 2.86 bits per heavy atom. The SMILES string of the molecule is Cc1ccc(NC2=NCCN2)c(C)c1. The third-order valence-corrected chi connectivity index (χ3v) is 2.31. The summed E-state index contributed by atoms with van der Waals surface area (Å²) in [4.78, 5) is 4.29. The first-order chi connectivity index (χ1) is 6.75. The Morgan fingerprint density at radius 1 is 1.36 bits per heavy atom. The molecule has 0 aromatic heterocycles. The van der Waals surface area contributed by atoms with Crippen LogP contribution in [-0.2, 0) is 0 Å². The van der Waals surface area contributed by atoms with Crippen molar-refractivity contribution in [2.24, 2.45) is 4.99 Å². The molecule has 0 aliphatic carbocycles. The zero-order chi connectivity index (χ0) is 9.97. The van der Waals surface area contributed by atoms with Crippen LogP contribution in [0.1, 0.15) is 11.1 Å². The van der Waals surface area contributed by atoms with Crippen LogP contribution in [0.5, 0.6) is 0 Å². The number of hydrogen-bond donors (Lipinski definition) is 2. The lowest BCUT2D eigenvalue weighted by atomic mass is 10.1. The Balaban J connectivity index is 2.16. The average Bonchev–Trinajstić information content (AvgIpc) is 2.62. The van der Waals surface area contributed by atoms with Crippen LogP contribution in [0.3, 0.4) is 0 Å². The quantitative estimate of drug-likeness (QED) is 0.705. The zero-order valence-electron chi connectivity index (χ0n) is 8.59. The van der Waals surface area contributed by atoms with Crippen molar-refractivity contribution >= 4 is 11.6 Å². The van der Waals surface area contributed by atoms with E-state index in [1.54, 1.807) is 0 Å². The molecule has 1 aromatic carbocycles. The first-order valence-electron chi connectivity index (χ1n) is 4.88. The van der Waals surface area contributed by atoms with Crippen molar-refractivity contribution in [2.75, 3.05) is 18.4 Å². The molecule has 1 heterocycles. The van der Waals surface area contributed by atoms with Gasteiger partial charge in [-0.15, -0.1) is 0 Å². The Kier molecular flexibility index (Phi) is 2.39. The van der Waals surface area contributed by atoms with Crippen LogP contribution in [0, 0.1) is 13.8 Å². The monoisotopic (exact) mass is 189 g/mol. The van der Waals surface area contributed by atoms with Gasteiger partial charge in [0.2, 0.25) is 0 Å². The molecule has 1 aliphatic rings. The summed E-state index contributed by atoms with van der Waals surface area (Å²) in [6, 6.07) is 6.36. The minimum Gasteiger partial charge on any atom is -0.354 e. The summed E-state index contributed by atoms with van der Waals surface area (Å²) < 4.78 is 0. The highest BCUT2D eigenvalue weighted by atomic mass is 15.2. The lowest BCUT2D eigenvalue weighted by molar-refractivity contribution is 0.959. The molecule has 0 spiro atoms. The third kappa shape index (κ3) is 1.87. The molecule has 3 heteroatoms. The van der Waals surface area contributed by atoms with Crippen molar-refractivity contribution in [3.05, 3.63) is 29.3 Å². The van der Waals surface area contributed by atoms with E-state index in [2.05, 4.69) is 47.7 Å². The molecule has 0 radical (unpaired) electrons. The van der Waals surface area contributed by atoms with Gasteiger partial charge in [0.25, 0.3) is 0 Å². The summed E-state index contributed by atoms with van der Waals surface area (Å²) in [6.07, 6.45) is 0. The zero-order valence-corrected chi connectivity index (χ0v) is 8.59. The fraction of sp³-hybridized carbons (Fsp3) is 0.364. The predicted octanol–water partition coefficient (Wildman–Crippen LogP) is 1.67. The van der Waals surface area contributed by atoms with Crippen LogP contribution >= 0.6 is 0 Å². The lowest BCUT2D eigenvalue weighted by Crippen LogP contribution is -2.26. The summed E-state index contributed by atoms with van der Waals surface area (Å²) in [5, 5.41) is 6.46. The molecule has 0 fully saturated rings. The van der Waals surface area contributed by atoms with E-state index in [9.17, 15) is 0 Å². The van der Waals surface area contributed by atoms with Gasteiger partial charge in [0.1, 0.15) is 0 Å². The highest BCUT2D eigenvalue weighted by molar-refractivity contribution is 5.95. The first-order valence-corrected chi connectivity index (χ1v) is 4.88. The second-order valence-electron chi connectivity index (χ2n) is 3.60. The summed E-state index contributed by atoms with van der Waals surface area (Å²) >= 11 is 0. The molecule has 0 unspecified atom stereocenters. The van der Waals surface area contributed by atoms with Gasteiger partial charge in [0, 0.05) is 12.2 Å². The Morgan fingerprint density at radius 2 is 2.21 bits per heavy atom. The number of nitrogens with zero attached hydrogens (tertiary/aromatic N) is 1. The van der Waals surface area contributed by atoms with Crippen LogP contribution in [0.2, 0.25) is 0 Å². The van der Waals surface area contributed by atoms with Crippen molar-refractivity contribution in [2.45, 2.75) is 13.8 Å². The molecule has 1 aromatic rings. The number of rotatable bonds is 1. The van der Waals surface area contributed by atoms with Crippen LogP contribution in [0.15, 0.2) is 23.2 Å². The van der Waals surface area contributed by atoms with Crippen molar-refractivity contribution < 1.29 is 0 Å². The molecule has 2 N–H and O–H groups in total. The van der Waals surface area contributed by atoms with Crippen molar-refractivity contribution in [1.29, 1.82) is 0 Å². The molecule has 0 saturated heterocycles. The Bertz CT molecular complexity index is 369. The number of aliphatic imine (C=N–C) groups is 1. The fourth-order valence-corrected chi connectivity index (χ4v) is 1.56. The summed E-state index contributed by atoms with van der Waals surface area (Å²) in [5.41, 5.74) is 3.67. The topological polar surface area (TPSA) is 36.4 Å². The summed E-state index contributed by atoms with van der Waals surface area (Å²) in [6.45, 7) is 6.01. The molecule has 0 amide bonds. The van der Waals surface area contributed by atoms with E-state index >= 15 is 0 Å². The maximum absolute atomic E-state index is 4.29. The van der Waals surface area contributed by atoms with E-state index in [0.29, 0.717) is 0 Å². The maximum atomic E-state index is 4.29. The van der Waals surface area contributed by atoms with Crippen LogP contribution in [0.4, 0.5) is 5.69 Å². The normalized spacial score (nSPS) is 14.9. The van der Waals surface area contributed by atoms with E-state index in [-0.39, 0.29) is 0 Å². The van der Waals surface area contributed by atoms with E-state index in [1.807, 2.05) is 0 Å². The number of anilines is 1. The van der Waals surface area contributed by atoms with Gasteiger partial charge in [-0.25, -0.2) is 0 Å². The van der Waals surface area contributed by atoms with Gasteiger partial charge in [0.05, 0.1) is 6.54 Å². The molecule has 3 nitrogen and oxygen atoms in total. The van der Waals surface area contributed by atoms with Gasteiger partial charge in [-0.05, 0) is 25.5 Å². The number of guanidine groups is 1. The predicted molar refractivity (Wildman–Crippen MR) is 59.8 cm³/mol. The minimum absolute atomic E-state index is 0.868. The van der Waals surface area contributed by atoms with Gasteiger partial charge in [-0.1, -0.05) is 17.7 Å². The molecule has 0 bridgehead atoms. The highest BCUT2D eigenvalue weighted by Crippen LogP contribution is 2.15. The van der Waals surface area contributed by atoms with E-state index in [0.717, 1.165) is 24.7 Å². The second kappa shape index (κ2) is 3.70. The molecular formula is C11H15N3. The highest BCUT2D eigenvalue weighted by Gasteiger charge is 2.05. The van der Waals surface area contributed by atoms with E-state index in [1.165, 1.54) is 11.1 Å². The first kappa shape index (κ1) is 9.06. The van der Waals surface area contributed by atoms with Crippen molar-refractivity contribution in [1.82, 2.24) is 5.32 Å². The van der Waals surface area contributed by atoms with E-state index in [4.69, 9.17) is 0 Å². The largest absolute Gasteiger partial charge is 0.354 e. The van der Waals surface area contributed by atoms with Crippen LogP contribution in [0.25, 0.3) is 0 Å². The number of benzene rings is 1. The Hall–Kier alpha value is -1.51. The van der Waals surface area contributed by atoms with Crippen molar-refractivity contribution in [3.8, 4) is 0 Å². The van der Waals surface area contributed by atoms with Crippen LogP contribution in [-0.4, -0.2) is 19.0 Å². The molecule has 74 valence electrons. The molecule has 0 saturated carbocycles. The van der Waals surface area contributed by atoms with Gasteiger partial charge in [0.15, 0.2) is 5.96 Å². The lowest BCUT2D eigenvalue weighted by Gasteiger charge is -2.09. The van der Waals surface area contributed by atoms with Gasteiger partial charge < -0.3 is 10.6 Å². The van der Waals surface area contributed by atoms with Crippen LogP contribution < -0.4 is 10.6 Å². The van der Waals surface area contributed by atoms with Gasteiger partial charge in [-0.2, -0.15) is 0 Å². The van der Waals surface area contributed by atoms with Gasteiger partial charge >= 0.3 is 0 Å². The molecule has 0 atom stereocenters. The molecule has 2 rings (SSSR count). The molecule has 1 aliphatic heterocycles. The maximum Gasteiger partial charge on any atom is 0.195 e. The van der Waals surface area contributed by atoms with E-state index < -0.39 is 0 Å².